The van der Waals surface area contributed by atoms with Crippen molar-refractivity contribution in [2.75, 3.05) is 11.9 Å². The Bertz CT molecular complexity index is 567. The van der Waals surface area contributed by atoms with Gasteiger partial charge >= 0.3 is 0 Å². The quantitative estimate of drug-likeness (QED) is 0.867. The molecule has 2 N–H and O–H groups in total. The summed E-state index contributed by atoms with van der Waals surface area (Å²) in [7, 11) is -3.39. The van der Waals surface area contributed by atoms with E-state index in [2.05, 4.69) is 10.0 Å². The first-order valence-corrected chi connectivity index (χ1v) is 7.60. The molecule has 0 amide bonds. The SMILES string of the molecule is CC1CNc2cc(S(=O)(=O)NC3CC3)ccc2O1. The van der Waals surface area contributed by atoms with Crippen molar-refractivity contribution in [3.05, 3.63) is 18.2 Å². The van der Waals surface area contributed by atoms with Crippen molar-refractivity contribution in [3.63, 3.8) is 0 Å². The number of sulfonamides is 1. The van der Waals surface area contributed by atoms with Crippen molar-refractivity contribution in [1.82, 2.24) is 4.72 Å². The highest BCUT2D eigenvalue weighted by atomic mass is 32.2. The lowest BCUT2D eigenvalue weighted by molar-refractivity contribution is 0.226. The maximum Gasteiger partial charge on any atom is 0.240 e. The van der Waals surface area contributed by atoms with Crippen LogP contribution in [-0.2, 0) is 10.0 Å². The zero-order chi connectivity index (χ0) is 12.8. The molecular weight excluding hydrogens is 252 g/mol. The smallest absolute Gasteiger partial charge is 0.240 e. The molecule has 0 bridgehead atoms. The molecule has 6 heteroatoms. The summed E-state index contributed by atoms with van der Waals surface area (Å²) >= 11 is 0. The number of rotatable bonds is 3. The predicted octanol–water partition coefficient (Wildman–Crippen LogP) is 1.32. The third-order valence-electron chi connectivity index (χ3n) is 3.07. The van der Waals surface area contributed by atoms with Gasteiger partial charge in [-0.3, -0.25) is 0 Å². The Hall–Kier alpha value is -1.27. The first-order valence-electron chi connectivity index (χ1n) is 6.11. The Labute approximate surface area is 107 Å². The summed E-state index contributed by atoms with van der Waals surface area (Å²) in [5.41, 5.74) is 0.742. The molecule has 1 fully saturated rings. The van der Waals surface area contributed by atoms with E-state index in [9.17, 15) is 8.42 Å². The van der Waals surface area contributed by atoms with Gasteiger partial charge in [-0.15, -0.1) is 0 Å². The second-order valence-electron chi connectivity index (χ2n) is 4.86. The fraction of sp³-hybridized carbons (Fsp3) is 0.500. The number of nitrogens with one attached hydrogen (secondary N) is 2. The zero-order valence-electron chi connectivity index (χ0n) is 10.1. The van der Waals surface area contributed by atoms with E-state index in [0.29, 0.717) is 17.2 Å². The van der Waals surface area contributed by atoms with Gasteiger partial charge < -0.3 is 10.1 Å². The highest BCUT2D eigenvalue weighted by molar-refractivity contribution is 7.89. The van der Waals surface area contributed by atoms with Crippen LogP contribution in [0.4, 0.5) is 5.69 Å². The second kappa shape index (κ2) is 4.13. The van der Waals surface area contributed by atoms with Crippen molar-refractivity contribution in [2.45, 2.75) is 36.8 Å². The molecule has 1 atom stereocenters. The Morgan fingerprint density at radius 2 is 2.17 bits per heavy atom. The van der Waals surface area contributed by atoms with Crippen LogP contribution in [0, 0.1) is 0 Å². The number of fused-ring (bicyclic) bond motifs is 1. The molecule has 1 unspecified atom stereocenters. The standard InChI is InChI=1S/C12H16N2O3S/c1-8-7-13-11-6-10(4-5-12(11)17-8)18(15,16)14-9-2-3-9/h4-6,8-9,13-14H,2-3,7H2,1H3. The lowest BCUT2D eigenvalue weighted by Crippen LogP contribution is -2.29. The van der Waals surface area contributed by atoms with Crippen LogP contribution in [-0.4, -0.2) is 27.1 Å². The van der Waals surface area contributed by atoms with Crippen LogP contribution in [0.3, 0.4) is 0 Å². The van der Waals surface area contributed by atoms with Crippen LogP contribution >= 0.6 is 0 Å². The minimum absolute atomic E-state index is 0.101. The highest BCUT2D eigenvalue weighted by Crippen LogP contribution is 2.32. The molecule has 98 valence electrons. The van der Waals surface area contributed by atoms with Crippen LogP contribution in [0.5, 0.6) is 5.75 Å². The average Bonchev–Trinajstić information content (AvgIpc) is 3.11. The van der Waals surface area contributed by atoms with Crippen molar-refractivity contribution in [3.8, 4) is 5.75 Å². The largest absolute Gasteiger partial charge is 0.487 e. The Balaban J connectivity index is 1.89. The number of anilines is 1. The van der Waals surface area contributed by atoms with Crippen molar-refractivity contribution in [2.24, 2.45) is 0 Å². The van der Waals surface area contributed by atoms with E-state index < -0.39 is 10.0 Å². The van der Waals surface area contributed by atoms with Gasteiger partial charge in [-0.1, -0.05) is 0 Å². The minimum Gasteiger partial charge on any atom is -0.487 e. The minimum atomic E-state index is -3.39. The number of ether oxygens (including phenoxy) is 1. The topological polar surface area (TPSA) is 67.4 Å². The summed E-state index contributed by atoms with van der Waals surface area (Å²) in [4.78, 5) is 0.291. The van der Waals surface area contributed by atoms with Gasteiger partial charge in [-0.05, 0) is 38.0 Å². The normalized spacial score (nSPS) is 22.8. The monoisotopic (exact) mass is 268 g/mol. The molecule has 1 aromatic carbocycles. The molecule has 1 saturated carbocycles. The van der Waals surface area contributed by atoms with E-state index in [-0.39, 0.29) is 12.1 Å². The van der Waals surface area contributed by atoms with Gasteiger partial charge in [0.1, 0.15) is 11.9 Å². The summed E-state index contributed by atoms with van der Waals surface area (Å²) in [5, 5.41) is 3.18. The highest BCUT2D eigenvalue weighted by Gasteiger charge is 2.28. The van der Waals surface area contributed by atoms with Crippen LogP contribution in [0.25, 0.3) is 0 Å². The molecule has 18 heavy (non-hydrogen) atoms. The lowest BCUT2D eigenvalue weighted by Gasteiger charge is -2.25. The maximum atomic E-state index is 12.1. The predicted molar refractivity (Wildman–Crippen MR) is 68.4 cm³/mol. The van der Waals surface area contributed by atoms with Crippen molar-refractivity contribution in [1.29, 1.82) is 0 Å². The number of hydrogen-bond acceptors (Lipinski definition) is 4. The summed E-state index contributed by atoms with van der Waals surface area (Å²) in [5.74, 6) is 0.708. The third kappa shape index (κ3) is 2.30. The van der Waals surface area contributed by atoms with Gasteiger partial charge in [-0.2, -0.15) is 0 Å². The van der Waals surface area contributed by atoms with E-state index in [1.165, 1.54) is 0 Å². The van der Waals surface area contributed by atoms with Gasteiger partial charge in [0, 0.05) is 6.04 Å². The van der Waals surface area contributed by atoms with E-state index in [0.717, 1.165) is 18.5 Å². The van der Waals surface area contributed by atoms with Crippen LogP contribution in [0.15, 0.2) is 23.1 Å². The Morgan fingerprint density at radius 1 is 1.39 bits per heavy atom. The maximum absolute atomic E-state index is 12.1. The third-order valence-corrected chi connectivity index (χ3v) is 4.59. The molecular formula is C12H16N2O3S. The summed E-state index contributed by atoms with van der Waals surface area (Å²) in [6, 6.07) is 5.05. The summed E-state index contributed by atoms with van der Waals surface area (Å²) < 4.78 is 32.4. The first kappa shape index (κ1) is 11.8. The van der Waals surface area contributed by atoms with Gasteiger partial charge in [0.2, 0.25) is 10.0 Å². The Morgan fingerprint density at radius 3 is 2.89 bits per heavy atom. The zero-order valence-corrected chi connectivity index (χ0v) is 11.0. The average molecular weight is 268 g/mol. The van der Waals surface area contributed by atoms with E-state index in [1.807, 2.05) is 6.92 Å². The summed E-state index contributed by atoms with van der Waals surface area (Å²) in [6.45, 7) is 2.65. The van der Waals surface area contributed by atoms with Gasteiger partial charge in [0.15, 0.2) is 0 Å². The van der Waals surface area contributed by atoms with Crippen molar-refractivity contribution >= 4 is 15.7 Å². The molecule has 1 aromatic rings. The molecule has 1 aliphatic carbocycles. The lowest BCUT2D eigenvalue weighted by atomic mass is 10.2. The number of benzene rings is 1. The van der Waals surface area contributed by atoms with Gasteiger partial charge in [0.25, 0.3) is 0 Å². The molecule has 5 nitrogen and oxygen atoms in total. The molecule has 1 aliphatic heterocycles. The molecule has 0 saturated heterocycles. The van der Waals surface area contributed by atoms with Crippen LogP contribution in [0.1, 0.15) is 19.8 Å². The molecule has 1 heterocycles. The Kier molecular flexibility index (Phi) is 2.71. The van der Waals surface area contributed by atoms with Gasteiger partial charge in [0.05, 0.1) is 17.1 Å². The van der Waals surface area contributed by atoms with Crippen LogP contribution in [0.2, 0.25) is 0 Å². The van der Waals surface area contributed by atoms with E-state index >= 15 is 0 Å². The van der Waals surface area contributed by atoms with Crippen molar-refractivity contribution < 1.29 is 13.2 Å². The van der Waals surface area contributed by atoms with E-state index in [1.54, 1.807) is 18.2 Å². The summed E-state index contributed by atoms with van der Waals surface area (Å²) in [6.07, 6.45) is 1.97. The molecule has 0 spiro atoms. The second-order valence-corrected chi connectivity index (χ2v) is 6.58. The van der Waals surface area contributed by atoms with E-state index in [4.69, 9.17) is 4.74 Å². The fourth-order valence-corrected chi connectivity index (χ4v) is 3.25. The van der Waals surface area contributed by atoms with Crippen LogP contribution < -0.4 is 14.8 Å². The molecule has 0 radical (unpaired) electrons. The fourth-order valence-electron chi connectivity index (χ4n) is 1.92. The van der Waals surface area contributed by atoms with Gasteiger partial charge in [-0.25, -0.2) is 13.1 Å². The molecule has 2 aliphatic rings. The first-order chi connectivity index (χ1) is 8.54. The number of hydrogen-bond donors (Lipinski definition) is 2. The molecule has 3 rings (SSSR count). The molecule has 0 aromatic heterocycles.